The maximum Gasteiger partial charge on any atom is 0.343 e. The maximum atomic E-state index is 14.7. The highest BCUT2D eigenvalue weighted by Crippen LogP contribution is 2.50. The predicted molar refractivity (Wildman–Crippen MR) is 121 cm³/mol. The minimum atomic E-state index is -3.44. The molecule has 0 spiro atoms. The van der Waals surface area contributed by atoms with Gasteiger partial charge in [-0.15, -0.1) is 0 Å². The zero-order chi connectivity index (χ0) is 20.3. The van der Waals surface area contributed by atoms with Crippen LogP contribution in [0.15, 0.2) is 102 Å². The van der Waals surface area contributed by atoms with E-state index in [2.05, 4.69) is 4.79 Å². The molecule has 1 unspecified atom stereocenters. The molecule has 0 aromatic heterocycles. The molecule has 142 valence electrons. The molecular weight excluding hydrogens is 399 g/mol. The molecule has 0 N–H and O–H groups in total. The average molecular weight is 417 g/mol. The van der Waals surface area contributed by atoms with Crippen LogP contribution >= 0.6 is 18.7 Å². The van der Waals surface area contributed by atoms with E-state index in [1.165, 1.54) is 0 Å². The van der Waals surface area contributed by atoms with Gasteiger partial charge in [-0.05, 0) is 23.3 Å². The van der Waals surface area contributed by atoms with Gasteiger partial charge in [0.25, 0.3) is 0 Å². The van der Waals surface area contributed by atoms with Crippen molar-refractivity contribution in [3.05, 3.63) is 119 Å². The van der Waals surface area contributed by atoms with E-state index in [-0.39, 0.29) is 5.45 Å². The maximum absolute atomic E-state index is 14.7. The summed E-state index contributed by atoms with van der Waals surface area (Å²) in [7, 11) is -3.44. The quantitative estimate of drug-likeness (QED) is 0.238. The fraction of sp³-hybridized carbons (Fsp3) is 0.0417. The third-order valence-corrected chi connectivity index (χ3v) is 8.34. The number of rotatable bonds is 4. The molecule has 1 aliphatic rings. The molecule has 0 heterocycles. The second-order valence-corrected chi connectivity index (χ2v) is 9.88. The molecule has 0 fully saturated rings. The highest BCUT2D eigenvalue weighted by Gasteiger charge is 2.45. The molecule has 0 saturated carbocycles. The fourth-order valence-electron chi connectivity index (χ4n) is 3.64. The van der Waals surface area contributed by atoms with Crippen LogP contribution in [-0.4, -0.2) is 10.2 Å². The number of hydrogen-bond acceptors (Lipinski definition) is 1. The summed E-state index contributed by atoms with van der Waals surface area (Å²) in [5.74, 6) is -0.537. The molecule has 0 saturated heterocycles. The molecule has 5 heteroatoms. The first-order chi connectivity index (χ1) is 14.1. The van der Waals surface area contributed by atoms with Crippen LogP contribution < -0.4 is 10.6 Å². The summed E-state index contributed by atoms with van der Waals surface area (Å²) in [5, 5.41) is 1.72. The third kappa shape index (κ3) is 3.57. The van der Waals surface area contributed by atoms with Crippen LogP contribution in [0.4, 0.5) is 0 Å². The first-order valence-corrected chi connectivity index (χ1v) is 11.3. The molecule has 0 bridgehead atoms. The molecule has 0 radical (unpaired) electrons. The summed E-state index contributed by atoms with van der Waals surface area (Å²) in [6, 6.07) is 26.1. The van der Waals surface area contributed by atoms with Gasteiger partial charge in [0.2, 0.25) is 7.14 Å². The van der Waals surface area contributed by atoms with Gasteiger partial charge >= 0.3 is 5.45 Å². The lowest BCUT2D eigenvalue weighted by Crippen LogP contribution is -2.27. The molecule has 29 heavy (non-hydrogen) atoms. The Hall–Kier alpha value is -2.96. The van der Waals surface area contributed by atoms with Crippen molar-refractivity contribution in [1.29, 1.82) is 0 Å². The van der Waals surface area contributed by atoms with E-state index < -0.39 is 13.1 Å². The zero-order valence-electron chi connectivity index (χ0n) is 15.5. The smallest absolute Gasteiger partial charge is 0.343 e. The van der Waals surface area contributed by atoms with Gasteiger partial charge in [-0.3, -0.25) is 0 Å². The second-order valence-electron chi connectivity index (χ2n) is 6.73. The van der Waals surface area contributed by atoms with E-state index in [0.717, 1.165) is 11.1 Å². The monoisotopic (exact) mass is 416 g/mol. The summed E-state index contributed by atoms with van der Waals surface area (Å²) >= 11 is 6.40. The Morgan fingerprint density at radius 2 is 1.38 bits per heavy atom. The molecule has 1 atom stereocenters. The van der Waals surface area contributed by atoms with Gasteiger partial charge in [-0.25, -0.2) is 0 Å². The summed E-state index contributed by atoms with van der Waals surface area (Å²) in [4.78, 5) is 3.63. The van der Waals surface area contributed by atoms with Gasteiger partial charge in [0.1, 0.15) is 5.92 Å². The minimum Gasteiger partial charge on any atom is -0.361 e. The van der Waals surface area contributed by atoms with Gasteiger partial charge in [0, 0.05) is 15.6 Å². The van der Waals surface area contributed by atoms with Gasteiger partial charge < -0.3 is 10.1 Å². The largest absolute Gasteiger partial charge is 0.361 e. The highest BCUT2D eigenvalue weighted by molar-refractivity contribution is 7.93. The third-order valence-electron chi connectivity index (χ3n) is 5.02. The number of nitrogens with zero attached hydrogens (tertiary/aromatic N) is 2. The van der Waals surface area contributed by atoms with Crippen LogP contribution in [0.25, 0.3) is 11.6 Å². The Morgan fingerprint density at radius 3 is 1.97 bits per heavy atom. The van der Waals surface area contributed by atoms with E-state index in [1.807, 2.05) is 91.0 Å². The normalized spacial score (nSPS) is 15.6. The van der Waals surface area contributed by atoms with Crippen molar-refractivity contribution >= 4 is 40.9 Å². The van der Waals surface area contributed by atoms with Crippen molar-refractivity contribution in [3.63, 3.8) is 0 Å². The lowest BCUT2D eigenvalue weighted by atomic mass is 9.96. The average Bonchev–Trinajstić information content (AvgIpc) is 2.94. The zero-order valence-corrected chi connectivity index (χ0v) is 17.2. The van der Waals surface area contributed by atoms with Crippen molar-refractivity contribution < 1.29 is 9.35 Å². The van der Waals surface area contributed by atoms with Crippen molar-refractivity contribution in [2.45, 2.75) is 5.92 Å². The van der Waals surface area contributed by atoms with Crippen LogP contribution in [0.2, 0.25) is 0 Å². The molecule has 0 aliphatic heterocycles. The summed E-state index contributed by atoms with van der Waals surface area (Å²) in [6.45, 7) is 0. The van der Waals surface area contributed by atoms with Gasteiger partial charge in [0.05, 0.1) is 0 Å². The number of fused-ring (bicyclic) bond motifs is 1. The number of benzene rings is 3. The molecule has 3 aromatic carbocycles. The molecule has 1 aliphatic carbocycles. The minimum absolute atomic E-state index is 0.184. The van der Waals surface area contributed by atoms with Gasteiger partial charge in [-0.1, -0.05) is 103 Å². The number of hydrogen-bond donors (Lipinski definition) is 0. The van der Waals surface area contributed by atoms with E-state index in [4.69, 9.17) is 11.6 Å². The van der Waals surface area contributed by atoms with Crippen LogP contribution in [-0.2, 0) is 4.57 Å². The Labute approximate surface area is 175 Å². The van der Waals surface area contributed by atoms with Crippen molar-refractivity contribution in [2.24, 2.45) is 0 Å². The Morgan fingerprint density at radius 1 is 0.828 bits per heavy atom. The van der Waals surface area contributed by atoms with Crippen LogP contribution in [0.5, 0.6) is 0 Å². The summed E-state index contributed by atoms with van der Waals surface area (Å²) in [6.07, 6.45) is 5.50. The topological polar surface area (TPSA) is 53.5 Å². The lowest BCUT2D eigenvalue weighted by molar-refractivity contribution is -0.00376. The molecule has 4 rings (SSSR count). The van der Waals surface area contributed by atoms with Crippen LogP contribution in [0.3, 0.4) is 0 Å². The number of halogens is 1. The second kappa shape index (κ2) is 8.19. The van der Waals surface area contributed by atoms with Crippen LogP contribution in [0.1, 0.15) is 17.0 Å². The SMILES string of the molecule is [N-]=[N+]=C(C1C=C(Cl)C=Cc2ccccc21)P(=O)(c1ccccc1)c1ccccc1. The first-order valence-electron chi connectivity index (χ1n) is 9.22. The predicted octanol–water partition coefficient (Wildman–Crippen LogP) is 5.56. The molecule has 3 nitrogen and oxygen atoms in total. The summed E-state index contributed by atoms with van der Waals surface area (Å²) in [5.41, 5.74) is 12.2. The van der Waals surface area contributed by atoms with E-state index in [0.29, 0.717) is 15.6 Å². The fourth-order valence-corrected chi connectivity index (χ4v) is 6.58. The molecule has 3 aromatic rings. The van der Waals surface area contributed by atoms with Crippen molar-refractivity contribution in [2.75, 3.05) is 0 Å². The Bertz CT molecular complexity index is 1150. The van der Waals surface area contributed by atoms with E-state index in [1.54, 1.807) is 12.2 Å². The molecule has 0 amide bonds. The highest BCUT2D eigenvalue weighted by atomic mass is 35.5. The van der Waals surface area contributed by atoms with Gasteiger partial charge in [0.15, 0.2) is 0 Å². The van der Waals surface area contributed by atoms with Crippen LogP contribution in [0, 0.1) is 0 Å². The lowest BCUT2D eigenvalue weighted by Gasteiger charge is -2.20. The first kappa shape index (κ1) is 19.4. The Kier molecular flexibility index (Phi) is 5.47. The summed E-state index contributed by atoms with van der Waals surface area (Å²) < 4.78 is 14.7. The van der Waals surface area contributed by atoms with Crippen molar-refractivity contribution in [3.8, 4) is 0 Å². The standard InChI is InChI=1S/C24H18ClN2OP/c25-19-16-15-18-9-7-8-14-22(18)23(17-19)24(27-26)29(28,20-10-3-1-4-11-20)21-12-5-2-6-13-21/h1-17,23H. The molecular formula is C24H18ClN2OP. The van der Waals surface area contributed by atoms with E-state index in [9.17, 15) is 10.1 Å². The van der Waals surface area contributed by atoms with Crippen molar-refractivity contribution in [1.82, 2.24) is 0 Å². The number of allylic oxidation sites excluding steroid dienone is 3. The Balaban J connectivity index is 2.00. The van der Waals surface area contributed by atoms with Gasteiger partial charge in [-0.2, -0.15) is 4.79 Å². The van der Waals surface area contributed by atoms with E-state index >= 15 is 0 Å².